The van der Waals surface area contributed by atoms with E-state index in [1.54, 1.807) is 29.8 Å². The van der Waals surface area contributed by atoms with Gasteiger partial charge in [0.05, 0.1) is 26.9 Å². The van der Waals surface area contributed by atoms with Gasteiger partial charge in [0.15, 0.2) is 11.5 Å². The lowest BCUT2D eigenvalue weighted by atomic mass is 10.1. The summed E-state index contributed by atoms with van der Waals surface area (Å²) in [5.74, 6) is 1.95. The molecule has 7 nitrogen and oxygen atoms in total. The Labute approximate surface area is 179 Å². The monoisotopic (exact) mass is 428 g/mol. The first-order valence-corrected chi connectivity index (χ1v) is 10.7. The maximum Gasteiger partial charge on any atom is 0.260 e. The van der Waals surface area contributed by atoms with Crippen LogP contribution >= 0.6 is 11.8 Å². The first-order chi connectivity index (χ1) is 14.6. The summed E-state index contributed by atoms with van der Waals surface area (Å²) in [6.07, 6.45) is 0.651. The molecule has 2 amide bonds. The largest absolute Gasteiger partial charge is 0.496 e. The van der Waals surface area contributed by atoms with Gasteiger partial charge in [0.25, 0.3) is 5.91 Å². The van der Waals surface area contributed by atoms with E-state index in [2.05, 4.69) is 5.32 Å². The Morgan fingerprint density at radius 1 is 1.10 bits per heavy atom. The van der Waals surface area contributed by atoms with Crippen molar-refractivity contribution in [2.24, 2.45) is 0 Å². The van der Waals surface area contributed by atoms with Crippen LogP contribution in [0.1, 0.15) is 26.9 Å². The lowest BCUT2D eigenvalue weighted by molar-refractivity contribution is -0.124. The molecule has 2 aliphatic heterocycles. The number of carbonyl (C=O) groups excluding carboxylic acids is 2. The number of hydrogen-bond acceptors (Lipinski definition) is 6. The lowest BCUT2D eigenvalue weighted by Crippen LogP contribution is -2.46. The van der Waals surface area contributed by atoms with E-state index in [4.69, 9.17) is 14.2 Å². The molecule has 2 atom stereocenters. The van der Waals surface area contributed by atoms with E-state index in [-0.39, 0.29) is 17.2 Å². The highest BCUT2D eigenvalue weighted by Crippen LogP contribution is 2.52. The molecule has 1 N–H and O–H groups in total. The SMILES string of the molecule is COc1ccccc1CCNC(=O)[C@@H]1CS[C@@H]2c3ccc(OC)c(OC)c3C(=O)N21. The topological polar surface area (TPSA) is 77.1 Å². The van der Waals surface area contributed by atoms with Gasteiger partial charge < -0.3 is 24.4 Å². The molecule has 8 heteroatoms. The summed E-state index contributed by atoms with van der Waals surface area (Å²) in [6.45, 7) is 0.469. The smallest absolute Gasteiger partial charge is 0.260 e. The van der Waals surface area contributed by atoms with Crippen molar-refractivity contribution in [3.05, 3.63) is 53.1 Å². The number of methoxy groups -OCH3 is 3. The van der Waals surface area contributed by atoms with Crippen molar-refractivity contribution in [1.29, 1.82) is 0 Å². The van der Waals surface area contributed by atoms with Crippen LogP contribution in [0.3, 0.4) is 0 Å². The predicted octanol–water partition coefficient (Wildman–Crippen LogP) is 2.64. The summed E-state index contributed by atoms with van der Waals surface area (Å²) < 4.78 is 16.1. The van der Waals surface area contributed by atoms with Crippen LogP contribution in [-0.4, -0.2) is 56.4 Å². The number of fused-ring (bicyclic) bond motifs is 3. The van der Waals surface area contributed by atoms with Crippen LogP contribution in [-0.2, 0) is 11.2 Å². The van der Waals surface area contributed by atoms with E-state index in [1.165, 1.54) is 14.2 Å². The molecule has 2 aliphatic rings. The number of para-hydroxylation sites is 1. The molecule has 0 unspecified atom stereocenters. The normalized spacial score (nSPS) is 19.3. The molecule has 2 heterocycles. The van der Waals surface area contributed by atoms with Crippen LogP contribution in [0.15, 0.2) is 36.4 Å². The third kappa shape index (κ3) is 3.35. The maximum absolute atomic E-state index is 13.2. The van der Waals surface area contributed by atoms with Crippen molar-refractivity contribution in [1.82, 2.24) is 10.2 Å². The summed E-state index contributed by atoms with van der Waals surface area (Å²) in [5, 5.41) is 2.79. The molecule has 30 heavy (non-hydrogen) atoms. The van der Waals surface area contributed by atoms with Crippen LogP contribution in [0.2, 0.25) is 0 Å². The van der Waals surface area contributed by atoms with Crippen LogP contribution in [0.4, 0.5) is 0 Å². The standard InChI is InChI=1S/C22H24N2O5S/c1-27-16-7-5-4-6-13(16)10-11-23-20(25)15-12-30-22-14-8-9-17(28-2)19(29-3)18(14)21(26)24(15)22/h4-9,15,22H,10-12H2,1-3H3,(H,23,25)/t15-,22+/m0/s1. The molecule has 2 aromatic rings. The molecule has 0 saturated carbocycles. The lowest BCUT2D eigenvalue weighted by Gasteiger charge is -2.22. The second kappa shape index (κ2) is 8.47. The molecular formula is C22H24N2O5S. The molecular weight excluding hydrogens is 404 g/mol. The van der Waals surface area contributed by atoms with Gasteiger partial charge in [-0.25, -0.2) is 0 Å². The summed E-state index contributed by atoms with van der Waals surface area (Å²) in [5.41, 5.74) is 2.38. The maximum atomic E-state index is 13.2. The molecule has 158 valence electrons. The Morgan fingerprint density at radius 3 is 2.60 bits per heavy atom. The van der Waals surface area contributed by atoms with Crippen LogP contribution in [0.25, 0.3) is 0 Å². The molecule has 2 aromatic carbocycles. The summed E-state index contributed by atoms with van der Waals surface area (Å²) in [6, 6.07) is 10.9. The number of amides is 2. The van der Waals surface area contributed by atoms with Crippen LogP contribution in [0.5, 0.6) is 17.2 Å². The van der Waals surface area contributed by atoms with Gasteiger partial charge in [-0.2, -0.15) is 0 Å². The second-order valence-electron chi connectivity index (χ2n) is 7.03. The van der Waals surface area contributed by atoms with Gasteiger partial charge in [-0.1, -0.05) is 24.3 Å². The number of benzene rings is 2. The minimum atomic E-state index is -0.520. The number of nitrogens with one attached hydrogen (secondary N) is 1. The van der Waals surface area contributed by atoms with E-state index in [1.807, 2.05) is 30.3 Å². The first-order valence-electron chi connectivity index (χ1n) is 9.69. The summed E-state index contributed by atoms with van der Waals surface area (Å²) in [7, 11) is 4.69. The van der Waals surface area contributed by atoms with Crippen molar-refractivity contribution in [3.63, 3.8) is 0 Å². The third-order valence-corrected chi connectivity index (χ3v) is 6.79. The van der Waals surface area contributed by atoms with Crippen molar-refractivity contribution in [2.45, 2.75) is 17.8 Å². The van der Waals surface area contributed by atoms with Gasteiger partial charge in [-0.15, -0.1) is 11.8 Å². The van der Waals surface area contributed by atoms with Gasteiger partial charge in [-0.05, 0) is 24.1 Å². The average molecular weight is 429 g/mol. The van der Waals surface area contributed by atoms with Crippen molar-refractivity contribution >= 4 is 23.6 Å². The number of nitrogens with zero attached hydrogens (tertiary/aromatic N) is 1. The zero-order valence-electron chi connectivity index (χ0n) is 17.1. The summed E-state index contributed by atoms with van der Waals surface area (Å²) >= 11 is 1.59. The highest BCUT2D eigenvalue weighted by Gasteiger charge is 2.50. The fraction of sp³-hybridized carbons (Fsp3) is 0.364. The van der Waals surface area contributed by atoms with Crippen LogP contribution < -0.4 is 19.5 Å². The Morgan fingerprint density at radius 2 is 1.87 bits per heavy atom. The van der Waals surface area contributed by atoms with Crippen molar-refractivity contribution in [3.8, 4) is 17.2 Å². The minimum absolute atomic E-state index is 0.146. The second-order valence-corrected chi connectivity index (χ2v) is 8.15. The predicted molar refractivity (Wildman–Crippen MR) is 114 cm³/mol. The van der Waals surface area contributed by atoms with Gasteiger partial charge in [0, 0.05) is 17.9 Å². The zero-order valence-corrected chi connectivity index (χ0v) is 18.0. The number of ether oxygens (including phenoxy) is 3. The Kier molecular flexibility index (Phi) is 5.76. The quantitative estimate of drug-likeness (QED) is 0.731. The minimum Gasteiger partial charge on any atom is -0.496 e. The molecule has 0 aromatic heterocycles. The van der Waals surface area contributed by atoms with Crippen molar-refractivity contribution in [2.75, 3.05) is 33.6 Å². The number of rotatable bonds is 7. The Hall–Kier alpha value is -2.87. The number of thioether (sulfide) groups is 1. The van der Waals surface area contributed by atoms with Gasteiger partial charge in [0.2, 0.25) is 5.91 Å². The van der Waals surface area contributed by atoms with Gasteiger partial charge in [0.1, 0.15) is 17.2 Å². The first kappa shape index (κ1) is 20.4. The molecule has 1 saturated heterocycles. The fourth-order valence-corrected chi connectivity index (χ4v) is 5.50. The highest BCUT2D eigenvalue weighted by atomic mass is 32.2. The number of carbonyl (C=O) groups is 2. The summed E-state index contributed by atoms with van der Waals surface area (Å²) in [4.78, 5) is 27.8. The van der Waals surface area contributed by atoms with E-state index in [9.17, 15) is 9.59 Å². The fourth-order valence-electron chi connectivity index (χ4n) is 4.04. The molecule has 4 rings (SSSR count). The molecule has 0 aliphatic carbocycles. The van der Waals surface area contributed by atoms with E-state index >= 15 is 0 Å². The van der Waals surface area contributed by atoms with Gasteiger partial charge >= 0.3 is 0 Å². The molecule has 1 fully saturated rings. The Balaban J connectivity index is 1.47. The molecule has 0 radical (unpaired) electrons. The molecule has 0 bridgehead atoms. The van der Waals surface area contributed by atoms with E-state index < -0.39 is 6.04 Å². The number of hydrogen-bond donors (Lipinski definition) is 1. The van der Waals surface area contributed by atoms with E-state index in [0.29, 0.717) is 35.8 Å². The molecule has 0 spiro atoms. The highest BCUT2D eigenvalue weighted by molar-refractivity contribution is 7.99. The van der Waals surface area contributed by atoms with Crippen LogP contribution in [0, 0.1) is 0 Å². The van der Waals surface area contributed by atoms with E-state index in [0.717, 1.165) is 16.9 Å². The third-order valence-electron chi connectivity index (χ3n) is 5.48. The average Bonchev–Trinajstić information content (AvgIpc) is 3.33. The van der Waals surface area contributed by atoms with Gasteiger partial charge in [-0.3, -0.25) is 9.59 Å². The zero-order chi connectivity index (χ0) is 21.3. The Bertz CT molecular complexity index is 980. The van der Waals surface area contributed by atoms with Crippen molar-refractivity contribution < 1.29 is 23.8 Å².